The molecule has 1 heterocycles. The summed E-state index contributed by atoms with van der Waals surface area (Å²) in [6.07, 6.45) is 7.47. The minimum Gasteiger partial charge on any atom is -0.335 e. The summed E-state index contributed by atoms with van der Waals surface area (Å²) in [6.45, 7) is 4.57. The van der Waals surface area contributed by atoms with Gasteiger partial charge in [0.05, 0.1) is 6.04 Å². The Morgan fingerprint density at radius 1 is 0.972 bits per heavy atom. The lowest BCUT2D eigenvalue weighted by atomic mass is 10.0. The average Bonchev–Trinajstić information content (AvgIpc) is 3.35. The van der Waals surface area contributed by atoms with Gasteiger partial charge in [-0.2, -0.15) is 0 Å². The van der Waals surface area contributed by atoms with Gasteiger partial charge in [0.1, 0.15) is 5.01 Å². The third-order valence-corrected chi connectivity index (χ3v) is 7.26. The van der Waals surface area contributed by atoms with Gasteiger partial charge in [0.25, 0.3) is 0 Å². The van der Waals surface area contributed by atoms with Gasteiger partial charge in [0.2, 0.25) is 16.9 Å². The van der Waals surface area contributed by atoms with Gasteiger partial charge in [0.15, 0.2) is 0 Å². The molecule has 3 rings (SSSR count). The maximum atomic E-state index is 13.2. The number of rotatable bonds is 14. The second kappa shape index (κ2) is 14.7. The van der Waals surface area contributed by atoms with Crippen LogP contribution in [0.25, 0.3) is 10.6 Å². The molecule has 192 valence electrons. The van der Waals surface area contributed by atoms with Crippen LogP contribution in [-0.4, -0.2) is 33.5 Å². The summed E-state index contributed by atoms with van der Waals surface area (Å²) < 4.78 is 0. The van der Waals surface area contributed by atoms with Crippen LogP contribution in [0.2, 0.25) is 5.02 Å². The first-order valence-electron chi connectivity index (χ1n) is 12.7. The zero-order valence-electron chi connectivity index (χ0n) is 21.1. The summed E-state index contributed by atoms with van der Waals surface area (Å²) >= 11 is 7.36. The van der Waals surface area contributed by atoms with E-state index in [0.717, 1.165) is 30.4 Å². The number of unbranched alkanes of at least 4 members (excludes halogenated alkanes) is 5. The lowest BCUT2D eigenvalue weighted by Crippen LogP contribution is -2.36. The van der Waals surface area contributed by atoms with Crippen molar-refractivity contribution in [2.45, 2.75) is 71.3 Å². The molecule has 0 fully saturated rings. The van der Waals surface area contributed by atoms with E-state index in [1.807, 2.05) is 60.4 Å². The number of benzene rings is 2. The second-order valence-electron chi connectivity index (χ2n) is 8.91. The van der Waals surface area contributed by atoms with E-state index >= 15 is 0 Å². The van der Waals surface area contributed by atoms with Crippen molar-refractivity contribution in [1.29, 1.82) is 0 Å². The summed E-state index contributed by atoms with van der Waals surface area (Å²) in [6, 6.07) is 17.2. The zero-order chi connectivity index (χ0) is 25.8. The highest BCUT2D eigenvalue weighted by Gasteiger charge is 2.22. The molecule has 0 aliphatic carbocycles. The Morgan fingerprint density at radius 2 is 1.72 bits per heavy atom. The lowest BCUT2D eigenvalue weighted by Gasteiger charge is -2.30. The van der Waals surface area contributed by atoms with E-state index in [1.54, 1.807) is 6.07 Å². The van der Waals surface area contributed by atoms with Gasteiger partial charge >= 0.3 is 0 Å². The number of carbonyl (C=O) groups is 2. The van der Waals surface area contributed by atoms with E-state index in [1.165, 1.54) is 30.6 Å². The van der Waals surface area contributed by atoms with Gasteiger partial charge in [-0.15, -0.1) is 10.2 Å². The monoisotopic (exact) mass is 526 g/mol. The summed E-state index contributed by atoms with van der Waals surface area (Å²) in [5.41, 5.74) is 1.91. The largest absolute Gasteiger partial charge is 0.335 e. The van der Waals surface area contributed by atoms with E-state index in [-0.39, 0.29) is 24.3 Å². The first kappa shape index (κ1) is 27.8. The third-order valence-electron chi connectivity index (χ3n) is 6.14. The quantitative estimate of drug-likeness (QED) is 0.220. The van der Waals surface area contributed by atoms with Crippen LogP contribution in [0.4, 0.5) is 5.13 Å². The van der Waals surface area contributed by atoms with Gasteiger partial charge in [-0.05, 0) is 31.0 Å². The van der Waals surface area contributed by atoms with Crippen LogP contribution >= 0.6 is 22.9 Å². The molecule has 0 aliphatic rings. The van der Waals surface area contributed by atoms with Crippen LogP contribution in [0.3, 0.4) is 0 Å². The third kappa shape index (κ3) is 8.71. The van der Waals surface area contributed by atoms with E-state index in [0.29, 0.717) is 28.1 Å². The van der Waals surface area contributed by atoms with Gasteiger partial charge in [0, 0.05) is 30.0 Å². The summed E-state index contributed by atoms with van der Waals surface area (Å²) in [5.74, 6) is -0.102. The lowest BCUT2D eigenvalue weighted by molar-refractivity contribution is -0.134. The molecule has 6 nitrogen and oxygen atoms in total. The fourth-order valence-electron chi connectivity index (χ4n) is 4.06. The number of nitrogens with one attached hydrogen (secondary N) is 1. The van der Waals surface area contributed by atoms with E-state index in [2.05, 4.69) is 22.4 Å². The Balaban J connectivity index is 1.57. The predicted octanol–water partition coefficient (Wildman–Crippen LogP) is 7.53. The van der Waals surface area contributed by atoms with E-state index in [9.17, 15) is 9.59 Å². The average molecular weight is 527 g/mol. The summed E-state index contributed by atoms with van der Waals surface area (Å²) in [4.78, 5) is 27.7. The maximum absolute atomic E-state index is 13.2. The minimum absolute atomic E-state index is 0.0915. The number of hydrogen-bond donors (Lipinski definition) is 1. The highest BCUT2D eigenvalue weighted by Crippen LogP contribution is 2.28. The molecule has 2 amide bonds. The number of halogens is 1. The molecular weight excluding hydrogens is 492 g/mol. The zero-order valence-corrected chi connectivity index (χ0v) is 22.7. The van der Waals surface area contributed by atoms with Crippen molar-refractivity contribution >= 4 is 39.9 Å². The van der Waals surface area contributed by atoms with Gasteiger partial charge in [-0.1, -0.05) is 104 Å². The van der Waals surface area contributed by atoms with Crippen molar-refractivity contribution in [3.05, 3.63) is 65.2 Å². The molecule has 8 heteroatoms. The molecule has 0 spiro atoms. The normalized spacial score (nSPS) is 11.8. The molecule has 1 N–H and O–H groups in total. The number of nitrogens with zero attached hydrogens (tertiary/aromatic N) is 3. The fraction of sp³-hybridized carbons (Fsp3) is 0.429. The van der Waals surface area contributed by atoms with Crippen molar-refractivity contribution in [3.63, 3.8) is 0 Å². The molecule has 2 aromatic carbocycles. The molecule has 1 aromatic heterocycles. The number of carbonyl (C=O) groups excluding carboxylic acids is 2. The Kier molecular flexibility index (Phi) is 11.4. The topological polar surface area (TPSA) is 75.2 Å². The standard InChI is InChI=1S/C28H35ClN4O2S/c1-3-4-5-6-7-11-17-26(35)33(21(2)22-13-9-8-10-14-22)19-18-25(34)30-28-32-31-27(36-28)23-15-12-16-24(29)20-23/h8-10,12-16,20-21H,3-7,11,17-19H2,1-2H3,(H,30,32,34). The Bertz CT molecular complexity index is 1110. The van der Waals surface area contributed by atoms with Crippen LogP contribution in [0.5, 0.6) is 0 Å². The Morgan fingerprint density at radius 3 is 2.47 bits per heavy atom. The maximum Gasteiger partial charge on any atom is 0.227 e. The van der Waals surface area contributed by atoms with E-state index < -0.39 is 0 Å². The Labute approximate surface area is 223 Å². The van der Waals surface area contributed by atoms with Crippen LogP contribution < -0.4 is 5.32 Å². The van der Waals surface area contributed by atoms with Gasteiger partial charge < -0.3 is 10.2 Å². The second-order valence-corrected chi connectivity index (χ2v) is 10.3. The molecule has 3 aromatic rings. The van der Waals surface area contributed by atoms with Crippen LogP contribution in [-0.2, 0) is 9.59 Å². The van der Waals surface area contributed by atoms with Crippen molar-refractivity contribution < 1.29 is 9.59 Å². The summed E-state index contributed by atoms with van der Waals surface area (Å²) in [5, 5.41) is 12.8. The molecule has 1 atom stereocenters. The first-order valence-corrected chi connectivity index (χ1v) is 13.9. The van der Waals surface area contributed by atoms with Crippen molar-refractivity contribution in [3.8, 4) is 10.6 Å². The molecule has 0 saturated carbocycles. The molecular formula is C28H35ClN4O2S. The number of anilines is 1. The van der Waals surface area contributed by atoms with Gasteiger partial charge in [-0.3, -0.25) is 9.59 Å². The fourth-order valence-corrected chi connectivity index (χ4v) is 5.01. The van der Waals surface area contributed by atoms with Gasteiger partial charge in [-0.25, -0.2) is 0 Å². The number of aromatic nitrogens is 2. The molecule has 0 aliphatic heterocycles. The number of hydrogen-bond acceptors (Lipinski definition) is 5. The predicted molar refractivity (Wildman–Crippen MR) is 148 cm³/mol. The molecule has 0 bridgehead atoms. The highest BCUT2D eigenvalue weighted by atomic mass is 35.5. The van der Waals surface area contributed by atoms with Crippen LogP contribution in [0.1, 0.15) is 76.8 Å². The van der Waals surface area contributed by atoms with Crippen LogP contribution in [0.15, 0.2) is 54.6 Å². The Hall–Kier alpha value is -2.77. The SMILES string of the molecule is CCCCCCCCC(=O)N(CCC(=O)Nc1nnc(-c2cccc(Cl)c2)s1)C(C)c1ccccc1. The molecule has 0 radical (unpaired) electrons. The molecule has 0 saturated heterocycles. The molecule has 36 heavy (non-hydrogen) atoms. The minimum atomic E-state index is -0.193. The van der Waals surface area contributed by atoms with Crippen molar-refractivity contribution in [1.82, 2.24) is 15.1 Å². The van der Waals surface area contributed by atoms with Crippen molar-refractivity contribution in [2.24, 2.45) is 0 Å². The molecule has 1 unspecified atom stereocenters. The van der Waals surface area contributed by atoms with Crippen LogP contribution in [0, 0.1) is 0 Å². The smallest absolute Gasteiger partial charge is 0.227 e. The van der Waals surface area contributed by atoms with E-state index in [4.69, 9.17) is 11.6 Å². The number of amides is 2. The van der Waals surface area contributed by atoms with Crippen molar-refractivity contribution in [2.75, 3.05) is 11.9 Å². The highest BCUT2D eigenvalue weighted by molar-refractivity contribution is 7.18. The summed E-state index contributed by atoms with van der Waals surface area (Å²) in [7, 11) is 0. The first-order chi connectivity index (χ1) is 17.5.